The van der Waals surface area contributed by atoms with Gasteiger partial charge in [0.1, 0.15) is 5.75 Å². The van der Waals surface area contributed by atoms with E-state index < -0.39 is 0 Å². The summed E-state index contributed by atoms with van der Waals surface area (Å²) in [6, 6.07) is 6.74. The lowest BCUT2D eigenvalue weighted by atomic mass is 9.81. The molecule has 0 radical (unpaired) electrons. The van der Waals surface area contributed by atoms with Crippen LogP contribution in [0.25, 0.3) is 0 Å². The van der Waals surface area contributed by atoms with E-state index in [0.717, 1.165) is 38.8 Å². The van der Waals surface area contributed by atoms with Gasteiger partial charge in [-0.15, -0.1) is 0 Å². The van der Waals surface area contributed by atoms with E-state index in [4.69, 9.17) is 16.3 Å². The molecule has 1 fully saturated rings. The highest BCUT2D eigenvalue weighted by molar-refractivity contribution is 6.30. The zero-order valence-electron chi connectivity index (χ0n) is 17.4. The molecule has 1 aliphatic rings. The van der Waals surface area contributed by atoms with Gasteiger partial charge in [-0.25, -0.2) is 4.79 Å². The maximum absolute atomic E-state index is 12.6. The second-order valence-electron chi connectivity index (χ2n) is 7.98. The third kappa shape index (κ3) is 6.99. The van der Waals surface area contributed by atoms with E-state index in [1.54, 1.807) is 36.2 Å². The van der Waals surface area contributed by atoms with Crippen LogP contribution in [-0.4, -0.2) is 74.5 Å². The smallest absolute Gasteiger partial charge is 0.410 e. The lowest BCUT2D eigenvalue weighted by Gasteiger charge is -2.32. The van der Waals surface area contributed by atoms with Gasteiger partial charge in [0.05, 0.1) is 0 Å². The molecule has 1 aromatic rings. The maximum Gasteiger partial charge on any atom is 0.414 e. The Balaban J connectivity index is 1.74. The largest absolute Gasteiger partial charge is 0.414 e. The molecule has 0 aromatic heterocycles. The highest BCUT2D eigenvalue weighted by Crippen LogP contribution is 2.30. The predicted octanol–water partition coefficient (Wildman–Crippen LogP) is 3.60. The first-order valence-corrected chi connectivity index (χ1v) is 10.2. The monoisotopic (exact) mass is 409 g/mol. The van der Waals surface area contributed by atoms with Gasteiger partial charge in [-0.2, -0.15) is 0 Å². The molecule has 1 saturated carbocycles. The molecule has 156 valence electrons. The second-order valence-corrected chi connectivity index (χ2v) is 8.42. The standard InChI is InChI=1S/C21H32ClN3O3/c1-23(2)13-14-24(3)20(26)17-7-5-16(6-8-17)15-25(4)21(27)28-19-11-9-18(22)10-12-19/h9-12,16-17H,5-8,13-15H2,1-4H3/t16-,17-. The van der Waals surface area contributed by atoms with E-state index in [-0.39, 0.29) is 17.9 Å². The van der Waals surface area contributed by atoms with Crippen molar-refractivity contribution >= 4 is 23.6 Å². The van der Waals surface area contributed by atoms with Crippen LogP contribution < -0.4 is 4.74 Å². The highest BCUT2D eigenvalue weighted by atomic mass is 35.5. The fourth-order valence-electron chi connectivity index (χ4n) is 3.51. The van der Waals surface area contributed by atoms with Crippen molar-refractivity contribution in [1.29, 1.82) is 0 Å². The van der Waals surface area contributed by atoms with Gasteiger partial charge in [-0.05, 0) is 70.0 Å². The van der Waals surface area contributed by atoms with Gasteiger partial charge in [0.25, 0.3) is 0 Å². The molecule has 0 spiro atoms. The molecule has 6 nitrogen and oxygen atoms in total. The summed E-state index contributed by atoms with van der Waals surface area (Å²) in [4.78, 5) is 30.4. The van der Waals surface area contributed by atoms with Gasteiger partial charge in [0, 0.05) is 44.7 Å². The van der Waals surface area contributed by atoms with Crippen molar-refractivity contribution < 1.29 is 14.3 Å². The molecule has 1 aliphatic carbocycles. The number of carbonyl (C=O) groups excluding carboxylic acids is 2. The third-order valence-corrected chi connectivity index (χ3v) is 5.57. The first-order valence-electron chi connectivity index (χ1n) is 9.84. The van der Waals surface area contributed by atoms with E-state index in [9.17, 15) is 9.59 Å². The van der Waals surface area contributed by atoms with E-state index in [1.165, 1.54) is 0 Å². The number of benzene rings is 1. The summed E-state index contributed by atoms with van der Waals surface area (Å²) >= 11 is 5.84. The fourth-order valence-corrected chi connectivity index (χ4v) is 3.63. The van der Waals surface area contributed by atoms with Crippen molar-refractivity contribution in [2.75, 3.05) is 47.8 Å². The Kier molecular flexibility index (Phi) is 8.58. The van der Waals surface area contributed by atoms with Gasteiger partial charge in [-0.3, -0.25) is 4.79 Å². The van der Waals surface area contributed by atoms with Gasteiger partial charge >= 0.3 is 6.09 Å². The Morgan fingerprint density at radius 2 is 1.57 bits per heavy atom. The first kappa shape index (κ1) is 22.5. The molecule has 0 aliphatic heterocycles. The van der Waals surface area contributed by atoms with Crippen molar-refractivity contribution in [1.82, 2.24) is 14.7 Å². The molecule has 0 atom stereocenters. The van der Waals surface area contributed by atoms with Crippen LogP contribution in [0.4, 0.5) is 4.79 Å². The molecule has 7 heteroatoms. The zero-order chi connectivity index (χ0) is 20.7. The SMILES string of the molecule is CN(C)CCN(C)C(=O)[C@H]1CC[C@H](CN(C)C(=O)Oc2ccc(Cl)cc2)CC1. The number of ether oxygens (including phenoxy) is 1. The summed E-state index contributed by atoms with van der Waals surface area (Å²) < 4.78 is 5.37. The minimum absolute atomic E-state index is 0.106. The summed E-state index contributed by atoms with van der Waals surface area (Å²) in [6.45, 7) is 2.27. The molecule has 0 N–H and O–H groups in total. The fraction of sp³-hybridized carbons (Fsp3) is 0.619. The van der Waals surface area contributed by atoms with Crippen molar-refractivity contribution in [2.24, 2.45) is 11.8 Å². The zero-order valence-corrected chi connectivity index (χ0v) is 18.1. The number of rotatable bonds is 7. The van der Waals surface area contributed by atoms with Crippen LogP contribution in [0, 0.1) is 11.8 Å². The summed E-state index contributed by atoms with van der Waals surface area (Å²) in [5.74, 6) is 1.24. The molecule has 1 aromatic carbocycles. The van der Waals surface area contributed by atoms with Crippen molar-refractivity contribution in [2.45, 2.75) is 25.7 Å². The minimum Gasteiger partial charge on any atom is -0.410 e. The van der Waals surface area contributed by atoms with Crippen LogP contribution in [0.1, 0.15) is 25.7 Å². The summed E-state index contributed by atoms with van der Waals surface area (Å²) in [6.07, 6.45) is 3.31. The Labute approximate surface area is 173 Å². The van der Waals surface area contributed by atoms with Gasteiger partial charge in [-0.1, -0.05) is 11.6 Å². The van der Waals surface area contributed by atoms with Gasteiger partial charge < -0.3 is 19.4 Å². The third-order valence-electron chi connectivity index (χ3n) is 5.32. The Morgan fingerprint density at radius 3 is 2.14 bits per heavy atom. The number of amides is 2. The van der Waals surface area contributed by atoms with Crippen LogP contribution >= 0.6 is 11.6 Å². The number of nitrogens with zero attached hydrogens (tertiary/aromatic N) is 3. The number of halogens is 1. The topological polar surface area (TPSA) is 53.1 Å². The quantitative estimate of drug-likeness (QED) is 0.690. The second kappa shape index (κ2) is 10.7. The number of hydrogen-bond acceptors (Lipinski definition) is 4. The van der Waals surface area contributed by atoms with Crippen LogP contribution in [-0.2, 0) is 4.79 Å². The molecular weight excluding hydrogens is 378 g/mol. The Bertz CT molecular complexity index is 643. The Hall–Kier alpha value is -1.79. The normalized spacial score (nSPS) is 19.4. The average Bonchev–Trinajstić information content (AvgIpc) is 2.67. The van der Waals surface area contributed by atoms with Crippen molar-refractivity contribution in [3.05, 3.63) is 29.3 Å². The summed E-state index contributed by atoms with van der Waals surface area (Å²) in [5.41, 5.74) is 0. The predicted molar refractivity (Wildman–Crippen MR) is 112 cm³/mol. The molecule has 2 amide bonds. The minimum atomic E-state index is -0.371. The van der Waals surface area contributed by atoms with Crippen LogP contribution in [0.3, 0.4) is 0 Å². The van der Waals surface area contributed by atoms with Crippen molar-refractivity contribution in [3.63, 3.8) is 0 Å². The first-order chi connectivity index (χ1) is 13.3. The average molecular weight is 410 g/mol. The highest BCUT2D eigenvalue weighted by Gasteiger charge is 2.29. The van der Waals surface area contributed by atoms with Gasteiger partial charge in [0.2, 0.25) is 5.91 Å². The van der Waals surface area contributed by atoms with E-state index >= 15 is 0 Å². The van der Waals surface area contributed by atoms with Crippen LogP contribution in [0.5, 0.6) is 5.75 Å². The lowest BCUT2D eigenvalue weighted by Crippen LogP contribution is -2.40. The summed E-state index contributed by atoms with van der Waals surface area (Å²) in [7, 11) is 7.67. The number of hydrogen-bond donors (Lipinski definition) is 0. The molecule has 28 heavy (non-hydrogen) atoms. The molecular formula is C21H32ClN3O3. The van der Waals surface area contributed by atoms with Gasteiger partial charge in [0.15, 0.2) is 0 Å². The molecule has 0 saturated heterocycles. The molecule has 0 heterocycles. The lowest BCUT2D eigenvalue weighted by molar-refractivity contribution is -0.135. The Morgan fingerprint density at radius 1 is 0.964 bits per heavy atom. The van der Waals surface area contributed by atoms with E-state index in [1.807, 2.05) is 26.0 Å². The summed E-state index contributed by atoms with van der Waals surface area (Å²) in [5, 5.41) is 0.604. The molecule has 0 bridgehead atoms. The number of likely N-dealkylation sites (N-methyl/N-ethyl adjacent to an activating group) is 2. The van der Waals surface area contributed by atoms with E-state index in [2.05, 4.69) is 4.90 Å². The van der Waals surface area contributed by atoms with Crippen molar-refractivity contribution in [3.8, 4) is 5.75 Å². The number of carbonyl (C=O) groups is 2. The maximum atomic E-state index is 12.6. The molecule has 0 unspecified atom stereocenters. The molecule has 2 rings (SSSR count). The van der Waals surface area contributed by atoms with Crippen LogP contribution in [0.15, 0.2) is 24.3 Å². The van der Waals surface area contributed by atoms with Crippen LogP contribution in [0.2, 0.25) is 5.02 Å². The van der Waals surface area contributed by atoms with E-state index in [0.29, 0.717) is 23.2 Å².